The molecule has 0 aliphatic carbocycles. The number of piperidine rings is 1. The molecule has 2 aliphatic rings. The number of aromatic nitrogens is 3. The molecule has 0 bridgehead atoms. The minimum absolute atomic E-state index is 0.142. The van der Waals surface area contributed by atoms with Gasteiger partial charge in [0.25, 0.3) is 0 Å². The fourth-order valence-electron chi connectivity index (χ4n) is 6.65. The van der Waals surface area contributed by atoms with E-state index in [0.29, 0.717) is 34.2 Å². The van der Waals surface area contributed by atoms with E-state index in [1.807, 2.05) is 10.4 Å². The third kappa shape index (κ3) is 7.89. The Labute approximate surface area is 279 Å². The third-order valence-electron chi connectivity index (χ3n) is 9.16. The number of hydrogen-bond donors (Lipinski definition) is 2. The highest BCUT2D eigenvalue weighted by atomic mass is 32.2. The van der Waals surface area contributed by atoms with Crippen LogP contribution in [0.2, 0.25) is 0 Å². The molecule has 2 fully saturated rings. The van der Waals surface area contributed by atoms with Gasteiger partial charge in [0.2, 0.25) is 5.95 Å². The fourth-order valence-corrected chi connectivity index (χ4v) is 8.39. The van der Waals surface area contributed by atoms with Crippen molar-refractivity contribution in [3.05, 3.63) is 46.5 Å². The van der Waals surface area contributed by atoms with Gasteiger partial charge in [-0.25, -0.2) is 13.5 Å². The van der Waals surface area contributed by atoms with Gasteiger partial charge in [0.1, 0.15) is 22.4 Å². The first-order chi connectivity index (χ1) is 22.5. The van der Waals surface area contributed by atoms with Gasteiger partial charge < -0.3 is 15.2 Å². The molecule has 1 unspecified atom stereocenters. The van der Waals surface area contributed by atoms with Crippen molar-refractivity contribution >= 4 is 55.2 Å². The second kappa shape index (κ2) is 14.1. The average molecular weight is 688 g/mol. The monoisotopic (exact) mass is 687 g/mol. The SMILES string of the molecule is CNc1nc(NC2CCN(Cc3ccc4c(c3)cc(C#N)n4C[C@H](C)N3CCN(S(C)=O)CC3)CC2)c2cc(CC(F)(F)F)sc2n1. The lowest BCUT2D eigenvalue weighted by atomic mass is 10.0. The number of halogens is 3. The molecular weight excluding hydrogens is 648 g/mol. The van der Waals surface area contributed by atoms with Gasteiger partial charge in [-0.05, 0) is 49.6 Å². The Morgan fingerprint density at radius 2 is 1.85 bits per heavy atom. The third-order valence-corrected chi connectivity index (χ3v) is 11.3. The first-order valence-corrected chi connectivity index (χ1v) is 18.2. The van der Waals surface area contributed by atoms with Crippen molar-refractivity contribution < 1.29 is 17.4 Å². The molecule has 0 spiro atoms. The van der Waals surface area contributed by atoms with Crippen LogP contribution in [0, 0.1) is 11.3 Å². The summed E-state index contributed by atoms with van der Waals surface area (Å²) in [6.45, 7) is 8.71. The number of hydrogen-bond acceptors (Lipinski definition) is 9. The van der Waals surface area contributed by atoms with Crippen LogP contribution in [0.4, 0.5) is 24.9 Å². The molecule has 10 nitrogen and oxygen atoms in total. The van der Waals surface area contributed by atoms with E-state index in [9.17, 15) is 22.6 Å². The molecule has 0 amide bonds. The summed E-state index contributed by atoms with van der Waals surface area (Å²) in [6.07, 6.45) is -1.78. The number of anilines is 2. The van der Waals surface area contributed by atoms with Gasteiger partial charge in [0.05, 0.1) is 22.8 Å². The average Bonchev–Trinajstić information content (AvgIpc) is 3.60. The van der Waals surface area contributed by atoms with Crippen LogP contribution in [0.1, 0.15) is 35.9 Å². The highest BCUT2D eigenvalue weighted by Gasteiger charge is 2.30. The summed E-state index contributed by atoms with van der Waals surface area (Å²) in [5.74, 6) is 0.948. The Balaban J connectivity index is 1.08. The fraction of sp³-hybridized carbons (Fsp3) is 0.531. The summed E-state index contributed by atoms with van der Waals surface area (Å²) in [6, 6.07) is 12.8. The van der Waals surface area contributed by atoms with E-state index in [0.717, 1.165) is 80.9 Å². The van der Waals surface area contributed by atoms with Gasteiger partial charge in [0.15, 0.2) is 0 Å². The number of benzene rings is 1. The molecule has 0 saturated carbocycles. The van der Waals surface area contributed by atoms with Crippen molar-refractivity contribution in [1.29, 1.82) is 5.26 Å². The molecule has 2 atom stereocenters. The van der Waals surface area contributed by atoms with Crippen LogP contribution in [0.15, 0.2) is 30.3 Å². The van der Waals surface area contributed by atoms with E-state index >= 15 is 0 Å². The van der Waals surface area contributed by atoms with Crippen LogP contribution >= 0.6 is 11.3 Å². The predicted molar refractivity (Wildman–Crippen MR) is 182 cm³/mol. The van der Waals surface area contributed by atoms with Crippen molar-refractivity contribution in [2.24, 2.45) is 0 Å². The summed E-state index contributed by atoms with van der Waals surface area (Å²) in [7, 11) is 0.755. The number of piperazine rings is 1. The van der Waals surface area contributed by atoms with Gasteiger partial charge in [-0.3, -0.25) is 9.80 Å². The molecule has 5 heterocycles. The Morgan fingerprint density at radius 1 is 1.11 bits per heavy atom. The van der Waals surface area contributed by atoms with Crippen LogP contribution < -0.4 is 10.6 Å². The topological polar surface area (TPSA) is 105 Å². The maximum absolute atomic E-state index is 13.0. The maximum Gasteiger partial charge on any atom is 0.393 e. The zero-order chi connectivity index (χ0) is 33.3. The van der Waals surface area contributed by atoms with Crippen LogP contribution in [-0.4, -0.2) is 104 Å². The Kier molecular flexibility index (Phi) is 10.0. The van der Waals surface area contributed by atoms with E-state index < -0.39 is 23.6 Å². The van der Waals surface area contributed by atoms with Crippen LogP contribution in [0.3, 0.4) is 0 Å². The smallest absolute Gasteiger partial charge is 0.367 e. The second-order valence-electron chi connectivity index (χ2n) is 12.4. The van der Waals surface area contributed by atoms with E-state index in [4.69, 9.17) is 0 Å². The van der Waals surface area contributed by atoms with Crippen LogP contribution in [0.5, 0.6) is 0 Å². The normalized spacial score (nSPS) is 18.8. The van der Waals surface area contributed by atoms with Crippen LogP contribution in [-0.2, 0) is 30.5 Å². The molecule has 47 heavy (non-hydrogen) atoms. The van der Waals surface area contributed by atoms with Gasteiger partial charge in [-0.15, -0.1) is 11.3 Å². The molecule has 3 aromatic heterocycles. The summed E-state index contributed by atoms with van der Waals surface area (Å²) >= 11 is 1.05. The second-order valence-corrected chi connectivity index (χ2v) is 14.9. The standard InChI is InChI=1S/C32H40F3N9OS2/c1-21(42-10-12-43(13-11-42)47(3)45)19-44-25(18-36)15-23-14-22(4-5-28(23)44)20-41-8-6-24(7-9-41)38-29-27-16-26(17-32(33,34)35)46-30(27)40-31(37-2)39-29/h4-5,14-16,21,24H,6-13,17,19-20H2,1-3H3,(H2,37,38,39,40)/t21-,47?/m0/s1. The first kappa shape index (κ1) is 33.6. The summed E-state index contributed by atoms with van der Waals surface area (Å²) in [5, 5.41) is 18.0. The minimum atomic E-state index is -4.28. The van der Waals surface area contributed by atoms with Crippen molar-refractivity contribution in [2.45, 2.75) is 57.5 Å². The maximum atomic E-state index is 13.0. The quantitative estimate of drug-likeness (QED) is 0.239. The number of rotatable bonds is 10. The Hall–Kier alpha value is -3.29. The molecule has 15 heteroatoms. The molecular formula is C32H40F3N9OS2. The number of nitrogens with zero attached hydrogens (tertiary/aromatic N) is 7. The van der Waals surface area contributed by atoms with Gasteiger partial charge in [0, 0.05) is 93.5 Å². The first-order valence-electron chi connectivity index (χ1n) is 15.9. The van der Waals surface area contributed by atoms with Gasteiger partial charge in [-0.1, -0.05) is 6.07 Å². The molecule has 0 radical (unpaired) electrons. The number of thiophene rings is 1. The van der Waals surface area contributed by atoms with E-state index in [-0.39, 0.29) is 17.0 Å². The van der Waals surface area contributed by atoms with Crippen molar-refractivity contribution in [3.63, 3.8) is 0 Å². The van der Waals surface area contributed by atoms with Crippen molar-refractivity contribution in [1.82, 2.24) is 28.6 Å². The van der Waals surface area contributed by atoms with Crippen molar-refractivity contribution in [2.75, 3.05) is 63.2 Å². The number of fused-ring (bicyclic) bond motifs is 2. The molecule has 2 N–H and O–H groups in total. The van der Waals surface area contributed by atoms with E-state index in [2.05, 4.69) is 66.2 Å². The lowest BCUT2D eigenvalue weighted by molar-refractivity contribution is -0.126. The molecule has 6 rings (SSSR count). The molecule has 2 aliphatic heterocycles. The Morgan fingerprint density at radius 3 is 2.51 bits per heavy atom. The number of alkyl halides is 3. The number of nitrogens with one attached hydrogen (secondary N) is 2. The van der Waals surface area contributed by atoms with Crippen LogP contribution in [0.25, 0.3) is 21.1 Å². The van der Waals surface area contributed by atoms with Crippen molar-refractivity contribution in [3.8, 4) is 6.07 Å². The van der Waals surface area contributed by atoms with Gasteiger partial charge in [-0.2, -0.15) is 23.4 Å². The molecule has 1 aromatic carbocycles. The molecule has 252 valence electrons. The summed E-state index contributed by atoms with van der Waals surface area (Å²) < 4.78 is 55.1. The Bertz CT molecular complexity index is 1780. The highest BCUT2D eigenvalue weighted by molar-refractivity contribution is 7.81. The summed E-state index contributed by atoms with van der Waals surface area (Å²) in [5.41, 5.74) is 2.90. The lowest BCUT2D eigenvalue weighted by Crippen LogP contribution is -2.50. The van der Waals surface area contributed by atoms with E-state index in [1.54, 1.807) is 19.4 Å². The molecule has 4 aromatic rings. The molecule has 2 saturated heterocycles. The highest BCUT2D eigenvalue weighted by Crippen LogP contribution is 2.34. The van der Waals surface area contributed by atoms with Gasteiger partial charge >= 0.3 is 6.18 Å². The van der Waals surface area contributed by atoms with E-state index in [1.165, 1.54) is 5.56 Å². The summed E-state index contributed by atoms with van der Waals surface area (Å²) in [4.78, 5) is 14.5. The predicted octanol–water partition coefficient (Wildman–Crippen LogP) is 5.04. The largest absolute Gasteiger partial charge is 0.393 e. The minimum Gasteiger partial charge on any atom is -0.367 e. The zero-order valence-electron chi connectivity index (χ0n) is 26.8. The number of nitriles is 1. The zero-order valence-corrected chi connectivity index (χ0v) is 28.4. The lowest BCUT2D eigenvalue weighted by Gasteiger charge is -2.37. The number of likely N-dealkylation sites (tertiary alicyclic amines) is 1.